The van der Waals surface area contributed by atoms with E-state index in [-0.39, 0.29) is 0 Å². The number of hydrogen-bond acceptors (Lipinski definition) is 2. The van der Waals surface area contributed by atoms with Crippen molar-refractivity contribution in [2.45, 2.75) is 38.6 Å². The highest BCUT2D eigenvalue weighted by Gasteiger charge is 2.19. The second-order valence-electron chi connectivity index (χ2n) is 3.31. The zero-order valence-corrected chi connectivity index (χ0v) is 6.56. The van der Waals surface area contributed by atoms with Crippen LogP contribution >= 0.6 is 0 Å². The molecule has 2 atom stereocenters. The van der Waals surface area contributed by atoms with Crippen LogP contribution in [0.4, 0.5) is 0 Å². The van der Waals surface area contributed by atoms with E-state index in [9.17, 15) is 0 Å². The van der Waals surface area contributed by atoms with Crippen LogP contribution in [0, 0.1) is 11.3 Å². The van der Waals surface area contributed by atoms with Gasteiger partial charge in [0, 0.05) is 11.8 Å². The number of nitrogens with one attached hydrogen (secondary N) is 1. The molecule has 0 aromatic carbocycles. The maximum absolute atomic E-state index is 7.42. The van der Waals surface area contributed by atoms with Crippen molar-refractivity contribution in [1.29, 1.82) is 5.41 Å². The summed E-state index contributed by atoms with van der Waals surface area (Å²) in [4.78, 5) is 0. The summed E-state index contributed by atoms with van der Waals surface area (Å²) in [7, 11) is 0. The lowest BCUT2D eigenvalue weighted by molar-refractivity contribution is 0.387. The molecule has 1 unspecified atom stereocenters. The van der Waals surface area contributed by atoms with Gasteiger partial charge < -0.3 is 11.1 Å². The third kappa shape index (κ3) is 1.81. The largest absolute Gasteiger partial charge is 0.328 e. The van der Waals surface area contributed by atoms with Crippen LogP contribution in [0.3, 0.4) is 0 Å². The topological polar surface area (TPSA) is 49.9 Å². The van der Waals surface area contributed by atoms with Crippen LogP contribution in [-0.2, 0) is 0 Å². The maximum Gasteiger partial charge on any atom is 0.00897 e. The highest BCUT2D eigenvalue weighted by atomic mass is 14.6. The van der Waals surface area contributed by atoms with Crippen LogP contribution < -0.4 is 5.73 Å². The lowest BCUT2D eigenvalue weighted by Crippen LogP contribution is -2.30. The molecule has 0 amide bonds. The molecule has 1 fully saturated rings. The van der Waals surface area contributed by atoms with E-state index < -0.39 is 0 Å². The summed E-state index contributed by atoms with van der Waals surface area (Å²) in [6, 6.07) is 0.360. The van der Waals surface area contributed by atoms with Crippen molar-refractivity contribution in [1.82, 2.24) is 0 Å². The predicted octanol–water partition coefficient (Wildman–Crippen LogP) is 1.54. The zero-order valence-electron chi connectivity index (χ0n) is 6.56. The molecule has 10 heavy (non-hydrogen) atoms. The molecule has 0 spiro atoms. The highest BCUT2D eigenvalue weighted by molar-refractivity contribution is 5.81. The third-order valence-electron chi connectivity index (χ3n) is 2.33. The molecule has 2 heteroatoms. The van der Waals surface area contributed by atoms with Gasteiger partial charge in [-0.3, -0.25) is 0 Å². The van der Waals surface area contributed by atoms with Gasteiger partial charge in [-0.05, 0) is 32.1 Å². The first-order valence-corrected chi connectivity index (χ1v) is 4.01. The van der Waals surface area contributed by atoms with E-state index in [1.807, 2.05) is 6.92 Å². The lowest BCUT2D eigenvalue weighted by atomic mass is 9.84. The van der Waals surface area contributed by atoms with Crippen molar-refractivity contribution in [2.24, 2.45) is 11.7 Å². The fraction of sp³-hybridized carbons (Fsp3) is 0.875. The highest BCUT2D eigenvalue weighted by Crippen LogP contribution is 2.23. The summed E-state index contributed by atoms with van der Waals surface area (Å²) in [6.07, 6.45) is 4.59. The number of hydrogen-bond donors (Lipinski definition) is 2. The third-order valence-corrected chi connectivity index (χ3v) is 2.33. The number of rotatable bonds is 1. The molecule has 0 saturated heterocycles. The van der Waals surface area contributed by atoms with E-state index in [1.165, 1.54) is 12.8 Å². The monoisotopic (exact) mass is 140 g/mol. The Morgan fingerprint density at radius 2 is 2.20 bits per heavy atom. The Bertz CT molecular complexity index is 131. The first-order chi connectivity index (χ1) is 4.70. The number of nitrogens with two attached hydrogens (primary N) is 1. The molecule has 1 rings (SSSR count). The van der Waals surface area contributed by atoms with Gasteiger partial charge in [-0.15, -0.1) is 0 Å². The lowest BCUT2D eigenvalue weighted by Gasteiger charge is -2.25. The predicted molar refractivity (Wildman–Crippen MR) is 43.3 cm³/mol. The Morgan fingerprint density at radius 3 is 2.60 bits per heavy atom. The van der Waals surface area contributed by atoms with E-state index in [0.717, 1.165) is 18.6 Å². The van der Waals surface area contributed by atoms with Gasteiger partial charge in [0.15, 0.2) is 0 Å². The van der Waals surface area contributed by atoms with Gasteiger partial charge >= 0.3 is 0 Å². The van der Waals surface area contributed by atoms with Gasteiger partial charge in [0.05, 0.1) is 0 Å². The summed E-state index contributed by atoms with van der Waals surface area (Å²) in [6.45, 7) is 1.89. The normalized spacial score (nSPS) is 33.8. The van der Waals surface area contributed by atoms with Crippen molar-refractivity contribution >= 4 is 5.71 Å². The smallest absolute Gasteiger partial charge is 0.00897 e. The fourth-order valence-corrected chi connectivity index (χ4v) is 1.62. The van der Waals surface area contributed by atoms with Crippen molar-refractivity contribution < 1.29 is 0 Å². The van der Waals surface area contributed by atoms with E-state index in [1.54, 1.807) is 0 Å². The summed E-state index contributed by atoms with van der Waals surface area (Å²) in [5.41, 5.74) is 6.58. The molecule has 1 saturated carbocycles. The van der Waals surface area contributed by atoms with Crippen LogP contribution in [0.2, 0.25) is 0 Å². The molecule has 0 bridgehead atoms. The van der Waals surface area contributed by atoms with Crippen molar-refractivity contribution in [3.63, 3.8) is 0 Å². The minimum Gasteiger partial charge on any atom is -0.328 e. The van der Waals surface area contributed by atoms with Gasteiger partial charge in [-0.2, -0.15) is 0 Å². The molecule has 0 heterocycles. The Hall–Kier alpha value is -0.370. The summed E-state index contributed by atoms with van der Waals surface area (Å²) in [5, 5.41) is 7.42. The molecule has 0 aromatic heterocycles. The van der Waals surface area contributed by atoms with Gasteiger partial charge in [-0.25, -0.2) is 0 Å². The Balaban J connectivity index is 2.39. The van der Waals surface area contributed by atoms with Crippen LogP contribution in [0.25, 0.3) is 0 Å². The molecular formula is C8H16N2. The summed E-state index contributed by atoms with van der Waals surface area (Å²) in [5.74, 6) is 0.490. The molecular weight excluding hydrogens is 124 g/mol. The fourth-order valence-electron chi connectivity index (χ4n) is 1.62. The Morgan fingerprint density at radius 1 is 1.50 bits per heavy atom. The van der Waals surface area contributed by atoms with Crippen LogP contribution in [0.15, 0.2) is 0 Å². The second kappa shape index (κ2) is 3.15. The van der Waals surface area contributed by atoms with Gasteiger partial charge in [0.25, 0.3) is 0 Å². The first-order valence-electron chi connectivity index (χ1n) is 4.01. The second-order valence-corrected chi connectivity index (χ2v) is 3.31. The molecule has 0 aliphatic heterocycles. The first kappa shape index (κ1) is 7.73. The molecule has 1 aliphatic carbocycles. The summed E-state index contributed by atoms with van der Waals surface area (Å²) >= 11 is 0. The molecule has 58 valence electrons. The minimum absolute atomic E-state index is 0.360. The Labute approximate surface area is 62.3 Å². The van der Waals surface area contributed by atoms with Crippen molar-refractivity contribution in [2.75, 3.05) is 0 Å². The average Bonchev–Trinajstić information content (AvgIpc) is 1.88. The van der Waals surface area contributed by atoms with Gasteiger partial charge in [0.2, 0.25) is 0 Å². The van der Waals surface area contributed by atoms with Gasteiger partial charge in [-0.1, -0.05) is 6.42 Å². The minimum atomic E-state index is 0.360. The van der Waals surface area contributed by atoms with Gasteiger partial charge in [0.1, 0.15) is 0 Å². The van der Waals surface area contributed by atoms with Crippen LogP contribution in [0.5, 0.6) is 0 Å². The van der Waals surface area contributed by atoms with E-state index in [2.05, 4.69) is 0 Å². The Kier molecular flexibility index (Phi) is 2.44. The van der Waals surface area contributed by atoms with Crippen molar-refractivity contribution in [3.05, 3.63) is 0 Å². The average molecular weight is 140 g/mol. The van der Waals surface area contributed by atoms with E-state index >= 15 is 0 Å². The van der Waals surface area contributed by atoms with Crippen LogP contribution in [0.1, 0.15) is 32.6 Å². The molecule has 2 nitrogen and oxygen atoms in total. The SMILES string of the molecule is CC(=N)C1CCC[C@@H](N)C1. The molecule has 3 N–H and O–H groups in total. The maximum atomic E-state index is 7.42. The van der Waals surface area contributed by atoms with E-state index in [0.29, 0.717) is 12.0 Å². The standard InChI is InChI=1S/C8H16N2/c1-6(9)7-3-2-4-8(10)5-7/h7-9H,2-5,10H2,1H3/t7?,8-/m1/s1. The molecule has 0 aromatic rings. The van der Waals surface area contributed by atoms with Crippen LogP contribution in [-0.4, -0.2) is 11.8 Å². The van der Waals surface area contributed by atoms with E-state index in [4.69, 9.17) is 11.1 Å². The van der Waals surface area contributed by atoms with Crippen molar-refractivity contribution in [3.8, 4) is 0 Å². The zero-order chi connectivity index (χ0) is 7.56. The molecule has 1 aliphatic rings. The quantitative estimate of drug-likeness (QED) is 0.533. The summed E-state index contributed by atoms with van der Waals surface area (Å²) < 4.78 is 0. The molecule has 0 radical (unpaired) electrons.